The van der Waals surface area contributed by atoms with E-state index in [1.165, 1.54) is 0 Å². The van der Waals surface area contributed by atoms with E-state index in [2.05, 4.69) is 11.5 Å². The van der Waals surface area contributed by atoms with Crippen LogP contribution in [0.2, 0.25) is 0 Å². The predicted molar refractivity (Wildman–Crippen MR) is 44.2 cm³/mol. The summed E-state index contributed by atoms with van der Waals surface area (Å²) in [6.45, 7) is 3.55. The monoisotopic (exact) mass is 177 g/mol. The van der Waals surface area contributed by atoms with E-state index in [1.807, 2.05) is 0 Å². The first-order chi connectivity index (χ1) is 5.29. The van der Waals surface area contributed by atoms with Crippen molar-refractivity contribution in [3.05, 3.63) is 0 Å². The molecule has 0 spiro atoms. The van der Waals surface area contributed by atoms with E-state index in [9.17, 15) is 4.79 Å². The van der Waals surface area contributed by atoms with Gasteiger partial charge < -0.3 is 22.3 Å². The number of hydrogen-bond acceptors (Lipinski definition) is 3. The Morgan fingerprint density at radius 1 is 1.25 bits per heavy atom. The Bertz CT molecular complexity index is 154. The lowest BCUT2D eigenvalue weighted by Crippen LogP contribution is -2.34. The molecule has 1 atom stereocenters. The maximum atomic E-state index is 10.0. The second kappa shape index (κ2) is 6.41. The standard InChI is InChI=1S/C5H11NO2.CH4N2O/c1-3(2)4(6)5(7)8;2-1(3)4/h3-4H,6H2,1-2H3,(H,7,8);(H4,2,3,4)/t4-;/m0./s1. The van der Waals surface area contributed by atoms with Crippen molar-refractivity contribution in [2.24, 2.45) is 23.1 Å². The SMILES string of the molecule is CC(C)[C@H](N)C(=O)O.NC(N)=O. The number of carboxylic acids is 1. The second-order valence-electron chi connectivity index (χ2n) is 2.51. The number of carboxylic acid groups (broad SMARTS) is 1. The Labute approximate surface area is 70.7 Å². The molecule has 0 aromatic rings. The topological polar surface area (TPSA) is 132 Å². The summed E-state index contributed by atoms with van der Waals surface area (Å²) in [5.41, 5.74) is 13.7. The van der Waals surface area contributed by atoms with Crippen molar-refractivity contribution in [2.75, 3.05) is 0 Å². The summed E-state index contributed by atoms with van der Waals surface area (Å²) in [4.78, 5) is 19.0. The number of carbonyl (C=O) groups excluding carboxylic acids is 1. The van der Waals surface area contributed by atoms with Gasteiger partial charge in [0.2, 0.25) is 0 Å². The number of primary amides is 2. The van der Waals surface area contributed by atoms with E-state index in [0.717, 1.165) is 0 Å². The van der Waals surface area contributed by atoms with Gasteiger partial charge in [0.05, 0.1) is 0 Å². The summed E-state index contributed by atoms with van der Waals surface area (Å²) in [6, 6.07) is -1.55. The zero-order valence-corrected chi connectivity index (χ0v) is 7.15. The largest absolute Gasteiger partial charge is 0.480 e. The minimum absolute atomic E-state index is 0.0208. The molecule has 0 radical (unpaired) electrons. The zero-order chi connectivity index (χ0) is 10.3. The van der Waals surface area contributed by atoms with Crippen molar-refractivity contribution in [1.29, 1.82) is 0 Å². The Morgan fingerprint density at radius 2 is 1.50 bits per heavy atom. The molecule has 0 saturated heterocycles. The number of rotatable bonds is 2. The first-order valence-corrected chi connectivity index (χ1v) is 3.32. The molecule has 0 bridgehead atoms. The number of carbonyl (C=O) groups is 2. The third-order valence-corrected chi connectivity index (χ3v) is 1.00. The van der Waals surface area contributed by atoms with Crippen molar-refractivity contribution in [1.82, 2.24) is 0 Å². The fourth-order valence-corrected chi connectivity index (χ4v) is 0.285. The van der Waals surface area contributed by atoms with E-state index in [0.29, 0.717) is 0 Å². The summed E-state index contributed by atoms with van der Waals surface area (Å²) >= 11 is 0. The summed E-state index contributed by atoms with van der Waals surface area (Å²) in [7, 11) is 0. The molecular weight excluding hydrogens is 162 g/mol. The number of hydrogen-bond donors (Lipinski definition) is 4. The van der Waals surface area contributed by atoms with Crippen LogP contribution in [-0.2, 0) is 4.79 Å². The van der Waals surface area contributed by atoms with Gasteiger partial charge in [0.1, 0.15) is 6.04 Å². The van der Waals surface area contributed by atoms with E-state index < -0.39 is 18.0 Å². The molecule has 0 heterocycles. The third kappa shape index (κ3) is 11.5. The average molecular weight is 177 g/mol. The van der Waals surface area contributed by atoms with Crippen molar-refractivity contribution in [3.63, 3.8) is 0 Å². The van der Waals surface area contributed by atoms with Gasteiger partial charge in [-0.2, -0.15) is 0 Å². The Balaban J connectivity index is 0. The van der Waals surface area contributed by atoms with Gasteiger partial charge in [-0.15, -0.1) is 0 Å². The lowest BCUT2D eigenvalue weighted by atomic mass is 10.1. The third-order valence-electron chi connectivity index (χ3n) is 1.00. The van der Waals surface area contributed by atoms with Gasteiger partial charge in [-0.1, -0.05) is 13.8 Å². The van der Waals surface area contributed by atoms with Gasteiger partial charge >= 0.3 is 12.0 Å². The highest BCUT2D eigenvalue weighted by Gasteiger charge is 2.14. The van der Waals surface area contributed by atoms with Crippen LogP contribution in [0.1, 0.15) is 13.8 Å². The lowest BCUT2D eigenvalue weighted by molar-refractivity contribution is -0.139. The molecule has 6 nitrogen and oxygen atoms in total. The van der Waals surface area contributed by atoms with Gasteiger partial charge in [-0.3, -0.25) is 4.79 Å². The molecule has 0 unspecified atom stereocenters. The fourth-order valence-electron chi connectivity index (χ4n) is 0.285. The van der Waals surface area contributed by atoms with Crippen molar-refractivity contribution in [3.8, 4) is 0 Å². The molecule has 12 heavy (non-hydrogen) atoms. The molecule has 0 fully saturated rings. The normalized spacial score (nSPS) is 11.3. The number of aliphatic carboxylic acids is 1. The molecule has 0 aliphatic heterocycles. The zero-order valence-electron chi connectivity index (χ0n) is 7.15. The number of nitrogens with two attached hydrogens (primary N) is 3. The van der Waals surface area contributed by atoms with Crippen LogP contribution in [0, 0.1) is 5.92 Å². The molecule has 0 saturated carbocycles. The molecular formula is C6H15N3O3. The quantitative estimate of drug-likeness (QED) is 0.434. The molecule has 7 N–H and O–H groups in total. The van der Waals surface area contributed by atoms with Gasteiger partial charge in [0, 0.05) is 0 Å². The van der Waals surface area contributed by atoms with Crippen LogP contribution < -0.4 is 17.2 Å². The van der Waals surface area contributed by atoms with Gasteiger partial charge in [-0.25, -0.2) is 4.79 Å². The van der Waals surface area contributed by atoms with E-state index in [-0.39, 0.29) is 5.92 Å². The van der Waals surface area contributed by atoms with E-state index >= 15 is 0 Å². The van der Waals surface area contributed by atoms with Crippen LogP contribution in [0.25, 0.3) is 0 Å². The van der Waals surface area contributed by atoms with E-state index in [1.54, 1.807) is 13.8 Å². The van der Waals surface area contributed by atoms with Crippen LogP contribution in [0.15, 0.2) is 0 Å². The van der Waals surface area contributed by atoms with Crippen molar-refractivity contribution < 1.29 is 14.7 Å². The first kappa shape index (κ1) is 13.3. The maximum Gasteiger partial charge on any atom is 0.320 e. The minimum atomic E-state index is -0.931. The average Bonchev–Trinajstić information content (AvgIpc) is 1.84. The first-order valence-electron chi connectivity index (χ1n) is 3.32. The summed E-state index contributed by atoms with van der Waals surface area (Å²) < 4.78 is 0. The molecule has 2 amide bonds. The van der Waals surface area contributed by atoms with Crippen LogP contribution in [0.4, 0.5) is 4.79 Å². The summed E-state index contributed by atoms with van der Waals surface area (Å²) in [5, 5.41) is 8.23. The summed E-state index contributed by atoms with van der Waals surface area (Å²) in [6.07, 6.45) is 0. The molecule has 6 heteroatoms. The van der Waals surface area contributed by atoms with Crippen LogP contribution in [-0.4, -0.2) is 23.1 Å². The van der Waals surface area contributed by atoms with Crippen LogP contribution >= 0.6 is 0 Å². The van der Waals surface area contributed by atoms with Crippen LogP contribution in [0.3, 0.4) is 0 Å². The molecule has 0 aliphatic rings. The number of urea groups is 1. The summed E-state index contributed by atoms with van der Waals surface area (Å²) in [5.74, 6) is -0.910. The van der Waals surface area contributed by atoms with Gasteiger partial charge in [0.25, 0.3) is 0 Å². The van der Waals surface area contributed by atoms with E-state index in [4.69, 9.17) is 15.6 Å². The Hall–Kier alpha value is -1.30. The molecule has 0 aromatic heterocycles. The minimum Gasteiger partial charge on any atom is -0.480 e. The highest BCUT2D eigenvalue weighted by Crippen LogP contribution is 1.96. The molecule has 72 valence electrons. The lowest BCUT2D eigenvalue weighted by Gasteiger charge is -2.07. The number of amides is 2. The van der Waals surface area contributed by atoms with Crippen molar-refractivity contribution in [2.45, 2.75) is 19.9 Å². The second-order valence-corrected chi connectivity index (χ2v) is 2.51. The molecule has 0 aromatic carbocycles. The van der Waals surface area contributed by atoms with Gasteiger partial charge in [0.15, 0.2) is 0 Å². The molecule has 0 rings (SSSR count). The Kier molecular flexibility index (Phi) is 7.11. The maximum absolute atomic E-state index is 10.0. The highest BCUT2D eigenvalue weighted by atomic mass is 16.4. The van der Waals surface area contributed by atoms with Crippen LogP contribution in [0.5, 0.6) is 0 Å². The molecule has 0 aliphatic carbocycles. The Morgan fingerprint density at radius 3 is 1.50 bits per heavy atom. The smallest absolute Gasteiger partial charge is 0.320 e. The predicted octanol–water partition coefficient (Wildman–Crippen LogP) is -0.922. The fraction of sp³-hybridized carbons (Fsp3) is 0.667. The van der Waals surface area contributed by atoms with Crippen molar-refractivity contribution >= 4 is 12.0 Å². The highest BCUT2D eigenvalue weighted by molar-refractivity contribution is 5.73. The van der Waals surface area contributed by atoms with Gasteiger partial charge in [-0.05, 0) is 5.92 Å².